The Hall–Kier alpha value is -2.63. The van der Waals surface area contributed by atoms with Crippen molar-refractivity contribution in [3.63, 3.8) is 0 Å². The lowest BCUT2D eigenvalue weighted by Crippen LogP contribution is -2.25. The second kappa shape index (κ2) is 7.96. The molecule has 1 amide bonds. The highest BCUT2D eigenvalue weighted by Crippen LogP contribution is 2.15. The number of hydrogen-bond acceptors (Lipinski definition) is 3. The lowest BCUT2D eigenvalue weighted by Gasteiger charge is -2.08. The van der Waals surface area contributed by atoms with E-state index in [-0.39, 0.29) is 11.5 Å². The van der Waals surface area contributed by atoms with Crippen molar-refractivity contribution in [2.45, 2.75) is 47.2 Å². The molecule has 2 aromatic rings. The molecular formula is C19H25N3O3. The number of benzene rings is 1. The summed E-state index contributed by atoms with van der Waals surface area (Å²) in [6, 6.07) is 6.49. The van der Waals surface area contributed by atoms with Gasteiger partial charge in [-0.25, -0.2) is 4.79 Å². The minimum absolute atomic E-state index is 0.0717. The molecule has 2 N–H and O–H groups in total. The summed E-state index contributed by atoms with van der Waals surface area (Å²) in [4.78, 5) is 23.1. The SMILES string of the molecule is Cc1nn(CC(C)C)c(C)c1CC(=O)NCc1ccc(C(=O)O)cc1. The van der Waals surface area contributed by atoms with Crippen LogP contribution in [0.5, 0.6) is 0 Å². The lowest BCUT2D eigenvalue weighted by molar-refractivity contribution is -0.120. The topological polar surface area (TPSA) is 84.2 Å². The van der Waals surface area contributed by atoms with Crippen LogP contribution in [0.2, 0.25) is 0 Å². The van der Waals surface area contributed by atoms with E-state index in [1.807, 2.05) is 18.5 Å². The maximum Gasteiger partial charge on any atom is 0.335 e. The van der Waals surface area contributed by atoms with Crippen molar-refractivity contribution in [1.82, 2.24) is 15.1 Å². The zero-order valence-electron chi connectivity index (χ0n) is 15.2. The Labute approximate surface area is 147 Å². The van der Waals surface area contributed by atoms with Crippen LogP contribution in [0.3, 0.4) is 0 Å². The van der Waals surface area contributed by atoms with Gasteiger partial charge in [0.1, 0.15) is 0 Å². The van der Waals surface area contributed by atoms with Gasteiger partial charge in [-0.1, -0.05) is 26.0 Å². The molecule has 0 aliphatic heterocycles. The minimum Gasteiger partial charge on any atom is -0.478 e. The number of carboxylic acid groups (broad SMARTS) is 1. The maximum absolute atomic E-state index is 12.3. The minimum atomic E-state index is -0.958. The summed E-state index contributed by atoms with van der Waals surface area (Å²) >= 11 is 0. The number of amides is 1. The second-order valence-corrected chi connectivity index (χ2v) is 6.68. The predicted molar refractivity (Wildman–Crippen MR) is 95.5 cm³/mol. The highest BCUT2D eigenvalue weighted by atomic mass is 16.4. The van der Waals surface area contributed by atoms with Crippen LogP contribution < -0.4 is 5.32 Å². The largest absolute Gasteiger partial charge is 0.478 e. The van der Waals surface area contributed by atoms with Gasteiger partial charge in [-0.15, -0.1) is 0 Å². The van der Waals surface area contributed by atoms with Crippen molar-refractivity contribution in [1.29, 1.82) is 0 Å². The molecule has 25 heavy (non-hydrogen) atoms. The van der Waals surface area contributed by atoms with Crippen molar-refractivity contribution in [3.8, 4) is 0 Å². The van der Waals surface area contributed by atoms with Crippen LogP contribution in [0.4, 0.5) is 0 Å². The van der Waals surface area contributed by atoms with Crippen LogP contribution >= 0.6 is 0 Å². The van der Waals surface area contributed by atoms with Gasteiger partial charge in [-0.2, -0.15) is 5.10 Å². The van der Waals surface area contributed by atoms with Crippen LogP contribution in [0.25, 0.3) is 0 Å². The lowest BCUT2D eigenvalue weighted by atomic mass is 10.1. The van der Waals surface area contributed by atoms with E-state index in [1.54, 1.807) is 12.1 Å². The van der Waals surface area contributed by atoms with Gasteiger partial charge in [0.15, 0.2) is 0 Å². The maximum atomic E-state index is 12.3. The van der Waals surface area contributed by atoms with Crippen molar-refractivity contribution >= 4 is 11.9 Å². The third-order valence-corrected chi connectivity index (χ3v) is 4.10. The fraction of sp³-hybridized carbons (Fsp3) is 0.421. The van der Waals surface area contributed by atoms with E-state index in [9.17, 15) is 9.59 Å². The third kappa shape index (κ3) is 4.92. The summed E-state index contributed by atoms with van der Waals surface area (Å²) in [5.74, 6) is -0.536. The van der Waals surface area contributed by atoms with Gasteiger partial charge < -0.3 is 10.4 Å². The van der Waals surface area contributed by atoms with E-state index >= 15 is 0 Å². The molecule has 0 saturated heterocycles. The molecule has 0 atom stereocenters. The molecule has 0 aliphatic carbocycles. The summed E-state index contributed by atoms with van der Waals surface area (Å²) in [6.07, 6.45) is 0.295. The summed E-state index contributed by atoms with van der Waals surface area (Å²) in [6.45, 7) is 9.41. The zero-order chi connectivity index (χ0) is 18.6. The van der Waals surface area contributed by atoms with Crippen LogP contribution in [0.1, 0.15) is 46.7 Å². The van der Waals surface area contributed by atoms with E-state index in [2.05, 4.69) is 24.3 Å². The first-order valence-electron chi connectivity index (χ1n) is 8.39. The standard InChI is InChI=1S/C19H25N3O3/c1-12(2)11-22-14(4)17(13(3)21-22)9-18(23)20-10-15-5-7-16(8-6-15)19(24)25/h5-8,12H,9-11H2,1-4H3,(H,20,23)(H,24,25). The number of aryl methyl sites for hydroxylation is 1. The Bertz CT molecular complexity index is 761. The van der Waals surface area contributed by atoms with E-state index in [4.69, 9.17) is 5.11 Å². The van der Waals surface area contributed by atoms with E-state index in [0.29, 0.717) is 18.9 Å². The number of carboxylic acids is 1. The molecule has 1 aromatic carbocycles. The third-order valence-electron chi connectivity index (χ3n) is 4.10. The number of nitrogens with one attached hydrogen (secondary N) is 1. The molecule has 0 aliphatic rings. The van der Waals surface area contributed by atoms with Crippen molar-refractivity contribution in [3.05, 3.63) is 52.3 Å². The van der Waals surface area contributed by atoms with Crippen LogP contribution in [0.15, 0.2) is 24.3 Å². The number of nitrogens with zero attached hydrogens (tertiary/aromatic N) is 2. The smallest absolute Gasteiger partial charge is 0.335 e. The Balaban J connectivity index is 1.96. The van der Waals surface area contributed by atoms with Crippen LogP contribution in [-0.4, -0.2) is 26.8 Å². The highest BCUT2D eigenvalue weighted by molar-refractivity contribution is 5.87. The molecule has 2 rings (SSSR count). The zero-order valence-corrected chi connectivity index (χ0v) is 15.2. The number of carbonyl (C=O) groups excluding carboxylic acids is 1. The average Bonchev–Trinajstić information content (AvgIpc) is 2.80. The summed E-state index contributed by atoms with van der Waals surface area (Å²) in [5, 5.41) is 16.3. The predicted octanol–water partition coefficient (Wildman–Crippen LogP) is 2.71. The Morgan fingerprint density at radius 3 is 2.40 bits per heavy atom. The van der Waals surface area contributed by atoms with E-state index in [0.717, 1.165) is 29.1 Å². The molecular weight excluding hydrogens is 318 g/mol. The quantitative estimate of drug-likeness (QED) is 0.809. The summed E-state index contributed by atoms with van der Waals surface area (Å²) in [5.41, 5.74) is 3.99. The monoisotopic (exact) mass is 343 g/mol. The summed E-state index contributed by atoms with van der Waals surface area (Å²) in [7, 11) is 0. The molecule has 1 heterocycles. The molecule has 134 valence electrons. The fourth-order valence-corrected chi connectivity index (χ4v) is 2.70. The van der Waals surface area contributed by atoms with Gasteiger partial charge in [0, 0.05) is 24.3 Å². The van der Waals surface area contributed by atoms with Gasteiger partial charge in [0.05, 0.1) is 17.7 Å². The highest BCUT2D eigenvalue weighted by Gasteiger charge is 2.15. The van der Waals surface area contributed by atoms with Gasteiger partial charge in [-0.3, -0.25) is 9.48 Å². The van der Waals surface area contributed by atoms with Crippen molar-refractivity contribution in [2.24, 2.45) is 5.92 Å². The number of aromatic nitrogens is 2. The summed E-state index contributed by atoms with van der Waals surface area (Å²) < 4.78 is 1.97. The van der Waals surface area contributed by atoms with Crippen molar-refractivity contribution < 1.29 is 14.7 Å². The Morgan fingerprint density at radius 1 is 1.20 bits per heavy atom. The van der Waals surface area contributed by atoms with Crippen molar-refractivity contribution in [2.75, 3.05) is 0 Å². The van der Waals surface area contributed by atoms with Gasteiger partial charge in [-0.05, 0) is 37.5 Å². The fourth-order valence-electron chi connectivity index (χ4n) is 2.70. The normalized spacial score (nSPS) is 10.9. The van der Waals surface area contributed by atoms with E-state index < -0.39 is 5.97 Å². The first kappa shape index (κ1) is 18.7. The van der Waals surface area contributed by atoms with Crippen LogP contribution in [-0.2, 0) is 24.3 Å². The molecule has 0 spiro atoms. The van der Waals surface area contributed by atoms with Crippen LogP contribution in [0, 0.1) is 19.8 Å². The molecule has 6 heteroatoms. The Morgan fingerprint density at radius 2 is 1.84 bits per heavy atom. The second-order valence-electron chi connectivity index (χ2n) is 6.68. The molecule has 0 bridgehead atoms. The Kier molecular flexibility index (Phi) is 5.96. The van der Waals surface area contributed by atoms with Gasteiger partial charge >= 0.3 is 5.97 Å². The van der Waals surface area contributed by atoms with Gasteiger partial charge in [0.25, 0.3) is 0 Å². The first-order chi connectivity index (χ1) is 11.8. The molecule has 6 nitrogen and oxygen atoms in total. The first-order valence-corrected chi connectivity index (χ1v) is 8.39. The molecule has 0 unspecified atom stereocenters. The number of carbonyl (C=O) groups is 2. The molecule has 1 aromatic heterocycles. The molecule has 0 radical (unpaired) electrons. The van der Waals surface area contributed by atoms with Gasteiger partial charge in [0.2, 0.25) is 5.91 Å². The number of aromatic carboxylic acids is 1. The molecule has 0 fully saturated rings. The number of rotatable bonds is 7. The molecule has 0 saturated carbocycles. The number of hydrogen-bond donors (Lipinski definition) is 2. The average molecular weight is 343 g/mol. The van der Waals surface area contributed by atoms with E-state index in [1.165, 1.54) is 12.1 Å².